The average Bonchev–Trinajstić information content (AvgIpc) is 2.97. The zero-order valence-electron chi connectivity index (χ0n) is 15.0. The van der Waals surface area contributed by atoms with Crippen molar-refractivity contribution in [1.29, 1.82) is 0 Å². The van der Waals surface area contributed by atoms with Gasteiger partial charge in [0.15, 0.2) is 0 Å². The van der Waals surface area contributed by atoms with Crippen molar-refractivity contribution in [1.82, 2.24) is 19.8 Å². The van der Waals surface area contributed by atoms with Gasteiger partial charge in [-0.25, -0.2) is 0 Å². The summed E-state index contributed by atoms with van der Waals surface area (Å²) in [4.78, 5) is 19.2. The fourth-order valence-corrected chi connectivity index (χ4v) is 3.49. The summed E-state index contributed by atoms with van der Waals surface area (Å²) in [5, 5.41) is 3.07. The van der Waals surface area contributed by atoms with E-state index < -0.39 is 0 Å². The summed E-state index contributed by atoms with van der Waals surface area (Å²) in [6.45, 7) is 5.36. The Hall–Kier alpha value is -2.14. The van der Waals surface area contributed by atoms with Gasteiger partial charge < -0.3 is 14.8 Å². The first kappa shape index (κ1) is 17.7. The third-order valence-corrected chi connectivity index (χ3v) is 5.02. The molecule has 0 bridgehead atoms. The Morgan fingerprint density at radius 2 is 2.00 bits per heavy atom. The molecular formula is C20H28N4O. The van der Waals surface area contributed by atoms with Gasteiger partial charge in [-0.05, 0) is 63.5 Å². The Morgan fingerprint density at radius 3 is 2.72 bits per heavy atom. The van der Waals surface area contributed by atoms with Crippen molar-refractivity contribution < 1.29 is 4.79 Å². The van der Waals surface area contributed by atoms with E-state index in [0.717, 1.165) is 12.1 Å². The van der Waals surface area contributed by atoms with Crippen LogP contribution in [0.5, 0.6) is 0 Å². The van der Waals surface area contributed by atoms with Crippen LogP contribution in [0.2, 0.25) is 0 Å². The molecule has 1 aliphatic rings. The Labute approximate surface area is 150 Å². The van der Waals surface area contributed by atoms with Crippen molar-refractivity contribution in [2.75, 3.05) is 19.6 Å². The number of carbonyl (C=O) groups excluding carboxylic acids is 1. The van der Waals surface area contributed by atoms with Crippen LogP contribution in [0.1, 0.15) is 49.5 Å². The molecule has 0 aromatic carbocycles. The van der Waals surface area contributed by atoms with Gasteiger partial charge in [0.25, 0.3) is 5.91 Å². The van der Waals surface area contributed by atoms with Gasteiger partial charge in [0.05, 0.1) is 11.9 Å². The molecule has 5 nitrogen and oxygen atoms in total. The number of likely N-dealkylation sites (tertiary alicyclic amines) is 1. The SMILES string of the molecule is CC(CCNC(=O)c1cccn1-c1cccnc1)N1CCCCCC1. The van der Waals surface area contributed by atoms with Crippen molar-refractivity contribution in [2.45, 2.75) is 45.1 Å². The van der Waals surface area contributed by atoms with Gasteiger partial charge in [-0.15, -0.1) is 0 Å². The van der Waals surface area contributed by atoms with Gasteiger partial charge in [0, 0.05) is 25.0 Å². The summed E-state index contributed by atoms with van der Waals surface area (Å²) >= 11 is 0. The van der Waals surface area contributed by atoms with E-state index in [-0.39, 0.29) is 5.91 Å². The van der Waals surface area contributed by atoms with Gasteiger partial charge in [-0.2, -0.15) is 0 Å². The van der Waals surface area contributed by atoms with Crippen LogP contribution in [0.25, 0.3) is 5.69 Å². The number of rotatable bonds is 6. The maximum absolute atomic E-state index is 12.5. The predicted molar refractivity (Wildman–Crippen MR) is 100 cm³/mol. The number of amides is 1. The topological polar surface area (TPSA) is 50.2 Å². The van der Waals surface area contributed by atoms with Gasteiger partial charge in [-0.1, -0.05) is 12.8 Å². The molecule has 1 fully saturated rings. The Bertz CT molecular complexity index is 659. The fraction of sp³-hybridized carbons (Fsp3) is 0.500. The van der Waals surface area contributed by atoms with E-state index in [2.05, 4.69) is 22.1 Å². The second kappa shape index (κ2) is 8.81. The Kier molecular flexibility index (Phi) is 6.23. The van der Waals surface area contributed by atoms with Crippen LogP contribution < -0.4 is 5.32 Å². The van der Waals surface area contributed by atoms with E-state index in [1.165, 1.54) is 38.8 Å². The van der Waals surface area contributed by atoms with Crippen LogP contribution in [-0.4, -0.2) is 46.0 Å². The minimum atomic E-state index is -0.0306. The molecule has 2 aromatic rings. The first-order valence-corrected chi connectivity index (χ1v) is 9.36. The van der Waals surface area contributed by atoms with Gasteiger partial charge in [0.2, 0.25) is 0 Å². The summed E-state index contributed by atoms with van der Waals surface area (Å²) in [5.74, 6) is -0.0306. The molecule has 1 saturated heterocycles. The molecule has 1 atom stereocenters. The van der Waals surface area contributed by atoms with Crippen LogP contribution >= 0.6 is 0 Å². The number of hydrogen-bond acceptors (Lipinski definition) is 3. The van der Waals surface area contributed by atoms with Crippen LogP contribution in [0.4, 0.5) is 0 Å². The summed E-state index contributed by atoms with van der Waals surface area (Å²) in [7, 11) is 0. The molecule has 1 amide bonds. The molecule has 1 aliphatic heterocycles. The molecule has 2 aromatic heterocycles. The highest BCUT2D eigenvalue weighted by Crippen LogP contribution is 2.14. The Morgan fingerprint density at radius 1 is 1.20 bits per heavy atom. The fourth-order valence-electron chi connectivity index (χ4n) is 3.49. The van der Waals surface area contributed by atoms with Crippen molar-refractivity contribution in [3.63, 3.8) is 0 Å². The molecule has 5 heteroatoms. The molecule has 0 spiro atoms. The first-order chi connectivity index (χ1) is 12.3. The van der Waals surface area contributed by atoms with Crippen molar-refractivity contribution in [3.8, 4) is 5.69 Å². The zero-order chi connectivity index (χ0) is 17.5. The van der Waals surface area contributed by atoms with Crippen LogP contribution in [0, 0.1) is 0 Å². The molecule has 0 saturated carbocycles. The lowest BCUT2D eigenvalue weighted by molar-refractivity contribution is 0.0941. The molecule has 25 heavy (non-hydrogen) atoms. The molecule has 1 unspecified atom stereocenters. The number of nitrogens with one attached hydrogen (secondary N) is 1. The molecule has 3 rings (SSSR count). The molecular weight excluding hydrogens is 312 g/mol. The van der Waals surface area contributed by atoms with Crippen LogP contribution in [-0.2, 0) is 0 Å². The number of hydrogen-bond donors (Lipinski definition) is 1. The second-order valence-corrected chi connectivity index (χ2v) is 6.82. The highest BCUT2D eigenvalue weighted by Gasteiger charge is 2.16. The molecule has 3 heterocycles. The highest BCUT2D eigenvalue weighted by molar-refractivity contribution is 5.93. The van der Waals surface area contributed by atoms with E-state index >= 15 is 0 Å². The smallest absolute Gasteiger partial charge is 0.268 e. The average molecular weight is 340 g/mol. The standard InChI is InChI=1S/C20H28N4O/c1-17(23-13-4-2-3-5-14-23)10-12-22-20(25)19-9-7-15-24(19)18-8-6-11-21-16-18/h6-9,11,15-17H,2-5,10,12-14H2,1H3,(H,22,25). The van der Waals surface area contributed by atoms with Gasteiger partial charge in [0.1, 0.15) is 5.69 Å². The van der Waals surface area contributed by atoms with Gasteiger partial charge in [-0.3, -0.25) is 9.78 Å². The van der Waals surface area contributed by atoms with E-state index in [9.17, 15) is 4.79 Å². The minimum Gasteiger partial charge on any atom is -0.351 e. The zero-order valence-corrected chi connectivity index (χ0v) is 15.0. The molecule has 0 aliphatic carbocycles. The minimum absolute atomic E-state index is 0.0306. The first-order valence-electron chi connectivity index (χ1n) is 9.36. The summed E-state index contributed by atoms with van der Waals surface area (Å²) in [5.41, 5.74) is 1.55. The predicted octanol–water partition coefficient (Wildman–Crippen LogP) is 3.26. The second-order valence-electron chi connectivity index (χ2n) is 6.82. The largest absolute Gasteiger partial charge is 0.351 e. The monoisotopic (exact) mass is 340 g/mol. The summed E-state index contributed by atoms with van der Waals surface area (Å²) in [6.07, 6.45) is 11.7. The third kappa shape index (κ3) is 4.69. The number of nitrogens with zero attached hydrogens (tertiary/aromatic N) is 3. The lowest BCUT2D eigenvalue weighted by atomic mass is 10.2. The van der Waals surface area contributed by atoms with Crippen LogP contribution in [0.3, 0.4) is 0 Å². The van der Waals surface area contributed by atoms with Crippen molar-refractivity contribution >= 4 is 5.91 Å². The molecule has 1 N–H and O–H groups in total. The van der Waals surface area contributed by atoms with E-state index in [1.54, 1.807) is 12.4 Å². The third-order valence-electron chi connectivity index (χ3n) is 5.02. The number of aromatic nitrogens is 2. The van der Waals surface area contributed by atoms with E-state index in [0.29, 0.717) is 18.3 Å². The van der Waals surface area contributed by atoms with Gasteiger partial charge >= 0.3 is 0 Å². The quantitative estimate of drug-likeness (QED) is 0.878. The highest BCUT2D eigenvalue weighted by atomic mass is 16.1. The van der Waals surface area contributed by atoms with Crippen LogP contribution in [0.15, 0.2) is 42.9 Å². The lowest BCUT2D eigenvalue weighted by Crippen LogP contribution is -2.37. The molecule has 134 valence electrons. The van der Waals surface area contributed by atoms with Crippen molar-refractivity contribution in [3.05, 3.63) is 48.5 Å². The van der Waals surface area contributed by atoms with Crippen molar-refractivity contribution in [2.24, 2.45) is 0 Å². The number of pyridine rings is 1. The Balaban J connectivity index is 1.52. The summed E-state index contributed by atoms with van der Waals surface area (Å²) in [6, 6.07) is 8.08. The number of carbonyl (C=O) groups is 1. The maximum atomic E-state index is 12.5. The van der Waals surface area contributed by atoms with E-state index in [4.69, 9.17) is 0 Å². The molecule has 0 radical (unpaired) electrons. The maximum Gasteiger partial charge on any atom is 0.268 e. The summed E-state index contributed by atoms with van der Waals surface area (Å²) < 4.78 is 1.88. The normalized spacial score (nSPS) is 17.0. The lowest BCUT2D eigenvalue weighted by Gasteiger charge is -2.27. The van der Waals surface area contributed by atoms with E-state index in [1.807, 2.05) is 35.0 Å².